The quantitative estimate of drug-likeness (QED) is 0.615. The third kappa shape index (κ3) is 1.26. The Hall–Kier alpha value is -1.06. The van der Waals surface area contributed by atoms with E-state index in [0.29, 0.717) is 0 Å². The van der Waals surface area contributed by atoms with E-state index in [2.05, 4.69) is 10.3 Å². The van der Waals surface area contributed by atoms with E-state index < -0.39 is 0 Å². The molecule has 3 heteroatoms. The summed E-state index contributed by atoms with van der Waals surface area (Å²) in [6.07, 6.45) is -0.234. The van der Waals surface area contributed by atoms with Gasteiger partial charge in [0.25, 0.3) is 6.41 Å². The smallest absolute Gasteiger partial charge is 0.297 e. The summed E-state index contributed by atoms with van der Waals surface area (Å²) in [5.74, 6) is 0.817. The first-order chi connectivity index (χ1) is 4.95. The number of ether oxygens (including phenoxy) is 1. The summed E-state index contributed by atoms with van der Waals surface area (Å²) in [5, 5.41) is 0. The summed E-state index contributed by atoms with van der Waals surface area (Å²) < 4.78 is 5.19. The highest BCUT2D eigenvalue weighted by Crippen LogP contribution is 2.13. The highest BCUT2D eigenvalue weighted by molar-refractivity contribution is 5.21. The molecule has 1 unspecified atom stereocenters. The third-order valence-corrected chi connectivity index (χ3v) is 1.20. The van der Waals surface area contributed by atoms with Gasteiger partial charge in [0.05, 0.1) is 0 Å². The molecule has 1 aromatic carbocycles. The van der Waals surface area contributed by atoms with Crippen molar-refractivity contribution in [3.05, 3.63) is 30.3 Å². The van der Waals surface area contributed by atoms with Crippen molar-refractivity contribution in [2.24, 2.45) is 0 Å². The Morgan fingerprint density at radius 2 is 2.00 bits per heavy atom. The van der Waals surface area contributed by atoms with Crippen LogP contribution in [0.1, 0.15) is 0 Å². The average molecular weight is 137 g/mol. The van der Waals surface area contributed by atoms with Gasteiger partial charge in [0.2, 0.25) is 0 Å². The summed E-state index contributed by atoms with van der Waals surface area (Å²) in [6.45, 7) is 0. The molecule has 3 nitrogen and oxygen atoms in total. The summed E-state index contributed by atoms with van der Waals surface area (Å²) in [4.78, 5) is 4.64. The van der Waals surface area contributed by atoms with E-state index in [9.17, 15) is 0 Å². The molecule has 1 aliphatic heterocycles. The minimum Gasteiger partial charge on any atom is -0.448 e. The molecule has 52 valence electrons. The van der Waals surface area contributed by atoms with Crippen LogP contribution in [0.25, 0.3) is 0 Å². The van der Waals surface area contributed by atoms with Gasteiger partial charge in [-0.15, -0.1) is 5.48 Å². The number of benzene rings is 1. The fourth-order valence-corrected chi connectivity index (χ4v) is 0.699. The number of hydrogen-bond donors (Lipinski definition) is 1. The molecule has 0 aliphatic carbocycles. The molecule has 0 radical (unpaired) electrons. The van der Waals surface area contributed by atoms with E-state index in [1.807, 2.05) is 30.3 Å². The van der Waals surface area contributed by atoms with Crippen molar-refractivity contribution in [2.45, 2.75) is 6.41 Å². The van der Waals surface area contributed by atoms with Gasteiger partial charge in [-0.3, -0.25) is 0 Å². The van der Waals surface area contributed by atoms with Crippen LogP contribution in [0, 0.1) is 0 Å². The molecule has 1 atom stereocenters. The number of para-hydroxylation sites is 1. The van der Waals surface area contributed by atoms with Crippen molar-refractivity contribution < 1.29 is 9.57 Å². The Balaban J connectivity index is 2.03. The highest BCUT2D eigenvalue weighted by Gasteiger charge is 2.23. The predicted molar refractivity (Wildman–Crippen MR) is 35.1 cm³/mol. The highest BCUT2D eigenvalue weighted by atomic mass is 16.9. The van der Waals surface area contributed by atoms with Crippen molar-refractivity contribution in [3.63, 3.8) is 0 Å². The van der Waals surface area contributed by atoms with Crippen LogP contribution in [-0.2, 0) is 4.84 Å². The molecule has 2 rings (SSSR count). The molecule has 1 heterocycles. The first-order valence-electron chi connectivity index (χ1n) is 3.08. The Morgan fingerprint density at radius 3 is 2.60 bits per heavy atom. The second-order valence-corrected chi connectivity index (χ2v) is 2.00. The van der Waals surface area contributed by atoms with Gasteiger partial charge >= 0.3 is 0 Å². The fraction of sp³-hybridized carbons (Fsp3) is 0.143. The predicted octanol–water partition coefficient (Wildman–Crippen LogP) is 0.884. The summed E-state index contributed by atoms with van der Waals surface area (Å²) in [7, 11) is 0. The molecule has 1 saturated heterocycles. The minimum atomic E-state index is -0.234. The lowest BCUT2D eigenvalue weighted by molar-refractivity contribution is 0.178. The largest absolute Gasteiger partial charge is 0.448 e. The first kappa shape index (κ1) is 5.70. The van der Waals surface area contributed by atoms with Gasteiger partial charge in [-0.1, -0.05) is 18.2 Å². The number of nitrogens with one attached hydrogen (secondary N) is 1. The SMILES string of the molecule is c1ccc(OC2NO2)cc1. The summed E-state index contributed by atoms with van der Waals surface area (Å²) >= 11 is 0. The molecule has 0 aromatic heterocycles. The normalized spacial score (nSPS) is 22.2. The molecule has 1 fully saturated rings. The maximum absolute atomic E-state index is 5.19. The third-order valence-electron chi connectivity index (χ3n) is 1.20. The van der Waals surface area contributed by atoms with Crippen LogP contribution in [0.2, 0.25) is 0 Å². The second kappa shape index (κ2) is 2.28. The molecule has 1 N–H and O–H groups in total. The molecule has 10 heavy (non-hydrogen) atoms. The van der Waals surface area contributed by atoms with Crippen LogP contribution in [0.15, 0.2) is 30.3 Å². The van der Waals surface area contributed by atoms with Crippen LogP contribution in [0.4, 0.5) is 0 Å². The fourth-order valence-electron chi connectivity index (χ4n) is 0.699. The minimum absolute atomic E-state index is 0.234. The molecule has 0 saturated carbocycles. The van der Waals surface area contributed by atoms with Gasteiger partial charge in [0.1, 0.15) is 5.75 Å². The Bertz CT molecular complexity index is 208. The lowest BCUT2D eigenvalue weighted by Gasteiger charge is -1.97. The van der Waals surface area contributed by atoms with Crippen LogP contribution >= 0.6 is 0 Å². The zero-order valence-electron chi connectivity index (χ0n) is 5.28. The summed E-state index contributed by atoms with van der Waals surface area (Å²) in [6, 6.07) is 9.52. The number of rotatable bonds is 2. The van der Waals surface area contributed by atoms with Crippen LogP contribution < -0.4 is 10.2 Å². The molecule has 0 amide bonds. The van der Waals surface area contributed by atoms with Crippen LogP contribution in [0.3, 0.4) is 0 Å². The standard InChI is InChI=1S/C7H7NO2/c1-2-4-6(5-3-1)9-7-8-10-7/h1-5,7-8H. The van der Waals surface area contributed by atoms with E-state index in [0.717, 1.165) is 5.75 Å². The van der Waals surface area contributed by atoms with Crippen molar-refractivity contribution in [1.82, 2.24) is 5.48 Å². The lowest BCUT2D eigenvalue weighted by Crippen LogP contribution is -2.00. The second-order valence-electron chi connectivity index (χ2n) is 2.00. The summed E-state index contributed by atoms with van der Waals surface area (Å²) in [5.41, 5.74) is 2.56. The molecular weight excluding hydrogens is 130 g/mol. The maximum atomic E-state index is 5.19. The van der Waals surface area contributed by atoms with Crippen LogP contribution in [0.5, 0.6) is 5.75 Å². The van der Waals surface area contributed by atoms with Gasteiger partial charge < -0.3 is 4.74 Å². The Labute approximate surface area is 58.5 Å². The van der Waals surface area contributed by atoms with E-state index >= 15 is 0 Å². The van der Waals surface area contributed by atoms with Crippen molar-refractivity contribution >= 4 is 0 Å². The van der Waals surface area contributed by atoms with Crippen LogP contribution in [-0.4, -0.2) is 6.41 Å². The maximum Gasteiger partial charge on any atom is 0.297 e. The van der Waals surface area contributed by atoms with E-state index in [1.165, 1.54) is 0 Å². The molecule has 1 aromatic rings. The van der Waals surface area contributed by atoms with Crippen molar-refractivity contribution in [1.29, 1.82) is 0 Å². The Kier molecular flexibility index (Phi) is 1.30. The van der Waals surface area contributed by atoms with Crippen molar-refractivity contribution in [2.75, 3.05) is 0 Å². The first-order valence-corrected chi connectivity index (χ1v) is 3.08. The van der Waals surface area contributed by atoms with Gasteiger partial charge in [-0.2, -0.15) is 0 Å². The molecule has 0 bridgehead atoms. The topological polar surface area (TPSA) is 43.7 Å². The van der Waals surface area contributed by atoms with Gasteiger partial charge in [-0.05, 0) is 12.1 Å². The van der Waals surface area contributed by atoms with Gasteiger partial charge in [0.15, 0.2) is 0 Å². The van der Waals surface area contributed by atoms with Gasteiger partial charge in [-0.25, -0.2) is 4.84 Å². The lowest BCUT2D eigenvalue weighted by atomic mass is 10.3. The monoisotopic (exact) mass is 137 g/mol. The zero-order valence-corrected chi connectivity index (χ0v) is 5.28. The number of hydrogen-bond acceptors (Lipinski definition) is 3. The van der Waals surface area contributed by atoms with E-state index in [-0.39, 0.29) is 6.41 Å². The van der Waals surface area contributed by atoms with Crippen molar-refractivity contribution in [3.8, 4) is 5.75 Å². The molecule has 0 spiro atoms. The van der Waals surface area contributed by atoms with E-state index in [4.69, 9.17) is 4.74 Å². The molecule has 1 aliphatic rings. The van der Waals surface area contributed by atoms with Gasteiger partial charge in [0, 0.05) is 0 Å². The number of hydroxylamine groups is 1. The van der Waals surface area contributed by atoms with E-state index in [1.54, 1.807) is 0 Å². The average Bonchev–Trinajstić information content (AvgIpc) is 2.74. The Morgan fingerprint density at radius 1 is 1.30 bits per heavy atom. The zero-order chi connectivity index (χ0) is 6.81. The molecular formula is C7H7NO2.